The molecule has 0 unspecified atom stereocenters. The number of fused-ring (bicyclic) bond motifs is 1. The van der Waals surface area contributed by atoms with Crippen molar-refractivity contribution < 1.29 is 4.79 Å². The maximum atomic E-state index is 12.4. The maximum Gasteiger partial charge on any atom is 0.227 e. The zero-order valence-electron chi connectivity index (χ0n) is 11.7. The number of carbonyl (C=O) groups is 1. The summed E-state index contributed by atoms with van der Waals surface area (Å²) in [5.74, 6) is 0.137. The van der Waals surface area contributed by atoms with E-state index in [2.05, 4.69) is 6.07 Å². The Morgan fingerprint density at radius 2 is 1.95 bits per heavy atom. The molecule has 2 N–H and O–H groups in total. The molecule has 1 aliphatic heterocycles. The SMILES string of the molecule is Nc1ccc(Cl)c(CN2C(=O)CCCc3ccccc32)c1. The topological polar surface area (TPSA) is 46.3 Å². The van der Waals surface area contributed by atoms with Crippen molar-refractivity contribution in [3.63, 3.8) is 0 Å². The summed E-state index contributed by atoms with van der Waals surface area (Å²) in [4.78, 5) is 14.3. The van der Waals surface area contributed by atoms with Crippen LogP contribution in [0.25, 0.3) is 0 Å². The molecule has 3 rings (SSSR count). The first-order valence-corrected chi connectivity index (χ1v) is 7.45. The minimum absolute atomic E-state index is 0.137. The van der Waals surface area contributed by atoms with Crippen molar-refractivity contribution in [3.05, 3.63) is 58.6 Å². The van der Waals surface area contributed by atoms with E-state index in [9.17, 15) is 4.79 Å². The number of para-hydroxylation sites is 1. The molecule has 0 bridgehead atoms. The van der Waals surface area contributed by atoms with Crippen LogP contribution >= 0.6 is 11.6 Å². The number of nitrogens with zero attached hydrogens (tertiary/aromatic N) is 1. The Bertz CT molecular complexity index is 684. The van der Waals surface area contributed by atoms with Crippen LogP contribution in [0.1, 0.15) is 24.0 Å². The Morgan fingerprint density at radius 1 is 1.14 bits per heavy atom. The molecule has 0 aromatic heterocycles. The van der Waals surface area contributed by atoms with Crippen molar-refractivity contribution in [3.8, 4) is 0 Å². The monoisotopic (exact) mass is 300 g/mol. The lowest BCUT2D eigenvalue weighted by Gasteiger charge is -2.23. The number of benzene rings is 2. The molecule has 21 heavy (non-hydrogen) atoms. The van der Waals surface area contributed by atoms with E-state index < -0.39 is 0 Å². The van der Waals surface area contributed by atoms with Gasteiger partial charge in [-0.2, -0.15) is 0 Å². The molecular weight excluding hydrogens is 284 g/mol. The molecule has 0 aliphatic carbocycles. The van der Waals surface area contributed by atoms with Gasteiger partial charge in [0.15, 0.2) is 0 Å². The van der Waals surface area contributed by atoms with Gasteiger partial charge in [-0.1, -0.05) is 29.8 Å². The molecule has 1 heterocycles. The summed E-state index contributed by atoms with van der Waals surface area (Å²) < 4.78 is 0. The highest BCUT2D eigenvalue weighted by atomic mass is 35.5. The molecule has 0 saturated heterocycles. The number of carbonyl (C=O) groups excluding carboxylic acids is 1. The lowest BCUT2D eigenvalue weighted by atomic mass is 10.1. The predicted molar refractivity (Wildman–Crippen MR) is 86.4 cm³/mol. The Balaban J connectivity index is 2.00. The van der Waals surface area contributed by atoms with Crippen molar-refractivity contribution in [2.24, 2.45) is 0 Å². The molecule has 0 fully saturated rings. The van der Waals surface area contributed by atoms with Crippen LogP contribution in [0.2, 0.25) is 5.02 Å². The van der Waals surface area contributed by atoms with Gasteiger partial charge in [-0.25, -0.2) is 0 Å². The fraction of sp³-hybridized carbons (Fsp3) is 0.235. The van der Waals surface area contributed by atoms with E-state index in [4.69, 9.17) is 17.3 Å². The summed E-state index contributed by atoms with van der Waals surface area (Å²) in [6.45, 7) is 0.458. The summed E-state index contributed by atoms with van der Waals surface area (Å²) >= 11 is 6.24. The number of rotatable bonds is 2. The number of aryl methyl sites for hydroxylation is 1. The number of nitrogens with two attached hydrogens (primary N) is 1. The molecule has 0 radical (unpaired) electrons. The van der Waals surface area contributed by atoms with Crippen LogP contribution in [0.4, 0.5) is 11.4 Å². The molecule has 2 aromatic rings. The number of halogens is 1. The van der Waals surface area contributed by atoms with Crippen LogP contribution in [0, 0.1) is 0 Å². The fourth-order valence-electron chi connectivity index (χ4n) is 2.74. The first kappa shape index (κ1) is 14.0. The second-order valence-corrected chi connectivity index (χ2v) is 5.72. The number of amides is 1. The van der Waals surface area contributed by atoms with Crippen LogP contribution in [-0.2, 0) is 17.8 Å². The standard InChI is InChI=1S/C17H17ClN2O/c18-15-9-8-14(19)10-13(15)11-20-16-6-2-1-4-12(16)5-3-7-17(20)21/h1-2,4,6,8-10H,3,5,7,11,19H2. The largest absolute Gasteiger partial charge is 0.399 e. The average Bonchev–Trinajstić information content (AvgIpc) is 2.63. The van der Waals surface area contributed by atoms with E-state index >= 15 is 0 Å². The molecule has 0 spiro atoms. The third-order valence-electron chi connectivity index (χ3n) is 3.82. The van der Waals surface area contributed by atoms with Gasteiger partial charge in [-0.05, 0) is 48.2 Å². The predicted octanol–water partition coefficient (Wildman–Crippen LogP) is 3.79. The molecule has 2 aromatic carbocycles. The zero-order valence-corrected chi connectivity index (χ0v) is 12.4. The van der Waals surface area contributed by atoms with Gasteiger partial charge in [-0.15, -0.1) is 0 Å². The minimum Gasteiger partial charge on any atom is -0.399 e. The van der Waals surface area contributed by atoms with Crippen molar-refractivity contribution in [2.45, 2.75) is 25.8 Å². The molecule has 1 aliphatic rings. The molecule has 0 atom stereocenters. The van der Waals surface area contributed by atoms with Crippen molar-refractivity contribution in [1.82, 2.24) is 0 Å². The van der Waals surface area contributed by atoms with Gasteiger partial charge in [0.25, 0.3) is 0 Å². The van der Waals surface area contributed by atoms with E-state index in [1.807, 2.05) is 29.2 Å². The van der Waals surface area contributed by atoms with Gasteiger partial charge in [0, 0.05) is 22.8 Å². The Labute approximate surface area is 129 Å². The van der Waals surface area contributed by atoms with E-state index in [-0.39, 0.29) is 5.91 Å². The van der Waals surface area contributed by atoms with Crippen molar-refractivity contribution in [2.75, 3.05) is 10.6 Å². The van der Waals surface area contributed by atoms with E-state index in [1.54, 1.807) is 12.1 Å². The summed E-state index contributed by atoms with van der Waals surface area (Å²) in [5.41, 5.74) is 9.56. The zero-order chi connectivity index (χ0) is 14.8. The number of anilines is 2. The highest BCUT2D eigenvalue weighted by Gasteiger charge is 2.22. The normalized spacial score (nSPS) is 14.7. The Morgan fingerprint density at radius 3 is 2.81 bits per heavy atom. The van der Waals surface area contributed by atoms with Crippen LogP contribution in [0.5, 0.6) is 0 Å². The lowest BCUT2D eigenvalue weighted by molar-refractivity contribution is -0.118. The van der Waals surface area contributed by atoms with Crippen LogP contribution in [0.3, 0.4) is 0 Å². The highest BCUT2D eigenvalue weighted by Crippen LogP contribution is 2.30. The fourth-order valence-corrected chi connectivity index (χ4v) is 2.92. The summed E-state index contributed by atoms with van der Waals surface area (Å²) in [6.07, 6.45) is 2.38. The molecule has 108 valence electrons. The summed E-state index contributed by atoms with van der Waals surface area (Å²) in [5, 5.41) is 0.638. The van der Waals surface area contributed by atoms with E-state index in [0.29, 0.717) is 23.7 Å². The summed E-state index contributed by atoms with van der Waals surface area (Å²) in [7, 11) is 0. The molecule has 1 amide bonds. The average molecular weight is 301 g/mol. The van der Waals surface area contributed by atoms with Gasteiger partial charge in [0.1, 0.15) is 0 Å². The third-order valence-corrected chi connectivity index (χ3v) is 4.19. The first-order valence-electron chi connectivity index (χ1n) is 7.07. The maximum absolute atomic E-state index is 12.4. The highest BCUT2D eigenvalue weighted by molar-refractivity contribution is 6.31. The lowest BCUT2D eigenvalue weighted by Crippen LogP contribution is -2.29. The molecular formula is C17H17ClN2O. The number of hydrogen-bond acceptors (Lipinski definition) is 2. The second kappa shape index (κ2) is 5.78. The van der Waals surface area contributed by atoms with Crippen LogP contribution in [-0.4, -0.2) is 5.91 Å². The van der Waals surface area contributed by atoms with Crippen molar-refractivity contribution >= 4 is 28.9 Å². The van der Waals surface area contributed by atoms with Crippen LogP contribution < -0.4 is 10.6 Å². The molecule has 3 nitrogen and oxygen atoms in total. The Kier molecular flexibility index (Phi) is 3.84. The smallest absolute Gasteiger partial charge is 0.227 e. The van der Waals surface area contributed by atoms with Crippen LogP contribution in [0.15, 0.2) is 42.5 Å². The number of hydrogen-bond donors (Lipinski definition) is 1. The van der Waals surface area contributed by atoms with Gasteiger partial charge in [0.2, 0.25) is 5.91 Å². The minimum atomic E-state index is 0.137. The third kappa shape index (κ3) is 2.88. The van der Waals surface area contributed by atoms with Gasteiger partial charge in [0.05, 0.1) is 6.54 Å². The second-order valence-electron chi connectivity index (χ2n) is 5.31. The first-order chi connectivity index (χ1) is 10.1. The summed E-state index contributed by atoms with van der Waals surface area (Å²) in [6, 6.07) is 13.4. The molecule has 4 heteroatoms. The molecule has 0 saturated carbocycles. The van der Waals surface area contributed by atoms with E-state index in [0.717, 1.165) is 24.1 Å². The van der Waals surface area contributed by atoms with Gasteiger partial charge < -0.3 is 10.6 Å². The Hall–Kier alpha value is -2.00. The van der Waals surface area contributed by atoms with Gasteiger partial charge >= 0.3 is 0 Å². The van der Waals surface area contributed by atoms with E-state index in [1.165, 1.54) is 5.56 Å². The van der Waals surface area contributed by atoms with Gasteiger partial charge in [-0.3, -0.25) is 4.79 Å². The number of nitrogen functional groups attached to an aromatic ring is 1. The van der Waals surface area contributed by atoms with Crippen molar-refractivity contribution in [1.29, 1.82) is 0 Å². The quantitative estimate of drug-likeness (QED) is 0.858.